The Kier molecular flexibility index (Phi) is 10.3. The van der Waals surface area contributed by atoms with E-state index in [2.05, 4.69) is 25.3 Å². The molecule has 0 saturated carbocycles. The van der Waals surface area contributed by atoms with Crippen LogP contribution in [0.5, 0.6) is 5.75 Å². The first-order valence-electron chi connectivity index (χ1n) is 7.82. The van der Waals surface area contributed by atoms with E-state index >= 15 is 0 Å². The third-order valence-corrected chi connectivity index (χ3v) is 5.67. The van der Waals surface area contributed by atoms with E-state index in [0.29, 0.717) is 23.5 Å². The molecule has 1 atom stereocenters. The number of thiol groups is 2. The molecule has 0 aromatic heterocycles. The van der Waals surface area contributed by atoms with E-state index in [-0.39, 0.29) is 24.5 Å². The van der Waals surface area contributed by atoms with Gasteiger partial charge in [-0.15, -0.1) is 0 Å². The molecule has 0 bridgehead atoms. The zero-order valence-electron chi connectivity index (χ0n) is 14.3. The lowest BCUT2D eigenvalue weighted by molar-refractivity contribution is -0.384. The molecule has 1 N–H and O–H groups in total. The van der Waals surface area contributed by atoms with E-state index in [4.69, 9.17) is 14.0 Å². The minimum atomic E-state index is -3.78. The normalized spacial score (nSPS) is 13.5. The number of nitro benzene ring substituents is 1. The van der Waals surface area contributed by atoms with E-state index in [9.17, 15) is 18.5 Å². The monoisotopic (exact) mass is 435 g/mol. The van der Waals surface area contributed by atoms with Crippen molar-refractivity contribution in [2.75, 3.05) is 18.1 Å². The van der Waals surface area contributed by atoms with Crippen molar-refractivity contribution in [3.05, 3.63) is 58.6 Å². The first kappa shape index (κ1) is 23.3. The Morgan fingerprint density at radius 3 is 2.56 bits per heavy atom. The molecule has 1 rings (SSSR count). The van der Waals surface area contributed by atoms with Crippen LogP contribution in [0.3, 0.4) is 0 Å². The van der Waals surface area contributed by atoms with E-state index in [0.717, 1.165) is 6.26 Å². The Balaban J connectivity index is 2.60. The molecule has 0 aliphatic rings. The van der Waals surface area contributed by atoms with Gasteiger partial charge in [-0.2, -0.15) is 33.7 Å². The lowest BCUT2D eigenvalue weighted by atomic mass is 10.1. The summed E-state index contributed by atoms with van der Waals surface area (Å²) in [5, 5.41) is 19.2. The highest BCUT2D eigenvalue weighted by molar-refractivity contribution is 7.89. The molecule has 0 amide bonds. The highest BCUT2D eigenvalue weighted by Crippen LogP contribution is 2.18. The highest BCUT2D eigenvalue weighted by Gasteiger charge is 2.16. The number of rotatable bonds is 12. The van der Waals surface area contributed by atoms with Gasteiger partial charge in [-0.3, -0.25) is 10.1 Å². The van der Waals surface area contributed by atoms with E-state index in [1.54, 1.807) is 6.08 Å². The number of nitro groups is 1. The fourth-order valence-electron chi connectivity index (χ4n) is 1.79. The summed E-state index contributed by atoms with van der Waals surface area (Å²) >= 11 is 8.04. The van der Waals surface area contributed by atoms with Gasteiger partial charge < -0.3 is 14.0 Å². The van der Waals surface area contributed by atoms with Gasteiger partial charge in [0.1, 0.15) is 12.0 Å². The summed E-state index contributed by atoms with van der Waals surface area (Å²) in [7, 11) is -3.78. The van der Waals surface area contributed by atoms with Crippen LogP contribution in [0.1, 0.15) is 12.8 Å². The molecule has 0 fully saturated rings. The van der Waals surface area contributed by atoms with Crippen LogP contribution in [0.15, 0.2) is 48.4 Å². The third kappa shape index (κ3) is 9.70. The Bertz CT molecular complexity index is 761. The second-order valence-electron chi connectivity index (χ2n) is 5.35. The van der Waals surface area contributed by atoms with Crippen molar-refractivity contribution in [2.24, 2.45) is 0 Å². The van der Waals surface area contributed by atoms with Gasteiger partial charge in [0, 0.05) is 29.7 Å². The number of ether oxygens (including phenoxy) is 1. The molecular formula is C16H21NO7S3. The zero-order valence-corrected chi connectivity index (χ0v) is 16.9. The molecule has 0 aliphatic heterocycles. The van der Waals surface area contributed by atoms with Crippen molar-refractivity contribution < 1.29 is 27.4 Å². The van der Waals surface area contributed by atoms with Crippen molar-refractivity contribution in [1.82, 2.24) is 0 Å². The average molecular weight is 436 g/mol. The van der Waals surface area contributed by atoms with Crippen LogP contribution in [0.4, 0.5) is 5.69 Å². The smallest absolute Gasteiger partial charge is 0.309 e. The lowest BCUT2D eigenvalue weighted by Gasteiger charge is -2.09. The van der Waals surface area contributed by atoms with Crippen LogP contribution in [-0.2, 0) is 14.3 Å². The van der Waals surface area contributed by atoms with Gasteiger partial charge in [0.05, 0.1) is 16.9 Å². The predicted octanol–water partition coefficient (Wildman–Crippen LogP) is 2.72. The van der Waals surface area contributed by atoms with Gasteiger partial charge in [-0.25, -0.2) is 0 Å². The first-order valence-corrected chi connectivity index (χ1v) is 10.5. The van der Waals surface area contributed by atoms with Crippen molar-refractivity contribution in [1.29, 1.82) is 0 Å². The van der Waals surface area contributed by atoms with Gasteiger partial charge in [0.25, 0.3) is 5.69 Å². The molecule has 0 saturated heterocycles. The third-order valence-electron chi connectivity index (χ3n) is 3.13. The van der Waals surface area contributed by atoms with Gasteiger partial charge in [0.2, 0.25) is 0 Å². The summed E-state index contributed by atoms with van der Waals surface area (Å²) in [5.74, 6) is 0.429. The number of non-ortho nitro benzene ring substituents is 1. The first-order chi connectivity index (χ1) is 12.8. The molecule has 0 spiro atoms. The van der Waals surface area contributed by atoms with Crippen LogP contribution >= 0.6 is 25.3 Å². The Morgan fingerprint density at radius 1 is 1.33 bits per heavy atom. The van der Waals surface area contributed by atoms with Crippen molar-refractivity contribution in [2.45, 2.75) is 18.1 Å². The van der Waals surface area contributed by atoms with Crippen molar-refractivity contribution in [3.8, 4) is 5.75 Å². The summed E-state index contributed by atoms with van der Waals surface area (Å²) in [4.78, 5) is 10.1. The van der Waals surface area contributed by atoms with Crippen LogP contribution < -0.4 is 4.74 Å². The number of hydrogen-bond donors (Lipinski definition) is 3. The fraction of sp³-hybridized carbons (Fsp3) is 0.375. The van der Waals surface area contributed by atoms with E-state index in [1.165, 1.54) is 30.5 Å². The Labute approximate surface area is 169 Å². The maximum atomic E-state index is 11.8. The number of benzene rings is 1. The second kappa shape index (κ2) is 11.9. The molecule has 150 valence electrons. The average Bonchev–Trinajstić information content (AvgIpc) is 2.63. The molecule has 8 nitrogen and oxygen atoms in total. The Morgan fingerprint density at radius 2 is 2.00 bits per heavy atom. The molecule has 1 aromatic rings. The minimum Gasteiger partial charge on any atom is -0.465 e. The second-order valence-corrected chi connectivity index (χ2v) is 8.09. The standard InChI is InChI=1S/C16H21NO7S3/c18-8-7-13(10-24-27(21,22)12-16(26)11-25)2-1-9-23-15-5-3-14(4-6-15)17(19)20/h1,3-6,9-10,16,18,25-26H,2,7-8,11-12H2/b9-1+,13-10-. The van der Waals surface area contributed by atoms with Crippen LogP contribution in [0.25, 0.3) is 0 Å². The molecule has 1 aromatic carbocycles. The maximum absolute atomic E-state index is 11.8. The van der Waals surface area contributed by atoms with Crippen LogP contribution in [-0.4, -0.2) is 41.8 Å². The molecule has 27 heavy (non-hydrogen) atoms. The van der Waals surface area contributed by atoms with Gasteiger partial charge in [-0.1, -0.05) is 0 Å². The maximum Gasteiger partial charge on any atom is 0.309 e. The molecule has 0 aliphatic carbocycles. The molecule has 1 unspecified atom stereocenters. The van der Waals surface area contributed by atoms with Gasteiger partial charge >= 0.3 is 10.1 Å². The quantitative estimate of drug-likeness (QED) is 0.152. The lowest BCUT2D eigenvalue weighted by Crippen LogP contribution is -2.18. The van der Waals surface area contributed by atoms with E-state index < -0.39 is 20.3 Å². The van der Waals surface area contributed by atoms with Crippen LogP contribution in [0, 0.1) is 10.1 Å². The summed E-state index contributed by atoms with van der Waals surface area (Å²) in [6.07, 6.45) is 4.59. The molecule has 11 heteroatoms. The number of aliphatic hydroxyl groups is 1. The molecule has 0 heterocycles. The number of hydrogen-bond acceptors (Lipinski definition) is 9. The predicted molar refractivity (Wildman–Crippen MR) is 109 cm³/mol. The zero-order chi connectivity index (χ0) is 20.3. The fourth-order valence-corrected chi connectivity index (χ4v) is 3.60. The topological polar surface area (TPSA) is 116 Å². The molecular weight excluding hydrogens is 414 g/mol. The Hall–Kier alpha value is -1.69. The largest absolute Gasteiger partial charge is 0.465 e. The number of aliphatic hydroxyl groups excluding tert-OH is 1. The number of nitrogens with zero attached hydrogens (tertiary/aromatic N) is 1. The summed E-state index contributed by atoms with van der Waals surface area (Å²) < 4.78 is 33.7. The van der Waals surface area contributed by atoms with Crippen LogP contribution in [0.2, 0.25) is 0 Å². The summed E-state index contributed by atoms with van der Waals surface area (Å²) in [6.45, 7) is -0.169. The highest BCUT2D eigenvalue weighted by atomic mass is 32.2. The summed E-state index contributed by atoms with van der Waals surface area (Å²) in [6, 6.07) is 5.55. The van der Waals surface area contributed by atoms with Gasteiger partial charge in [0.15, 0.2) is 0 Å². The van der Waals surface area contributed by atoms with E-state index in [1.807, 2.05) is 0 Å². The van der Waals surface area contributed by atoms with Crippen molar-refractivity contribution in [3.63, 3.8) is 0 Å². The summed E-state index contributed by atoms with van der Waals surface area (Å²) in [5.41, 5.74) is 0.505. The number of allylic oxidation sites excluding steroid dienone is 1. The van der Waals surface area contributed by atoms with Crippen molar-refractivity contribution >= 4 is 41.1 Å². The van der Waals surface area contributed by atoms with Gasteiger partial charge in [-0.05, 0) is 36.6 Å². The molecule has 0 radical (unpaired) electrons. The minimum absolute atomic E-state index is 0.0424. The SMILES string of the molecule is O=[N+]([O-])c1ccc(O/C=C/C/C(=C/OS(=O)(=O)CC(S)CS)CCO)cc1.